The van der Waals surface area contributed by atoms with E-state index in [4.69, 9.17) is 16.9 Å². The third-order valence-electron chi connectivity index (χ3n) is 3.24. The maximum absolute atomic E-state index is 8.95. The van der Waals surface area contributed by atoms with Crippen molar-refractivity contribution in [1.29, 1.82) is 5.26 Å². The fraction of sp³-hybridized carbons (Fsp3) is 0.286. The molecule has 0 bridgehead atoms. The van der Waals surface area contributed by atoms with E-state index in [0.29, 0.717) is 17.3 Å². The van der Waals surface area contributed by atoms with E-state index < -0.39 is 0 Å². The van der Waals surface area contributed by atoms with E-state index in [1.54, 1.807) is 18.2 Å². The summed E-state index contributed by atoms with van der Waals surface area (Å²) in [6, 6.07) is 9.27. The lowest BCUT2D eigenvalue weighted by Gasteiger charge is -2.15. The van der Waals surface area contributed by atoms with Crippen LogP contribution in [0, 0.1) is 11.3 Å². The first kappa shape index (κ1) is 12.8. The van der Waals surface area contributed by atoms with Crippen molar-refractivity contribution in [2.75, 3.05) is 18.0 Å². The lowest BCUT2D eigenvalue weighted by Crippen LogP contribution is -2.21. The van der Waals surface area contributed by atoms with E-state index in [-0.39, 0.29) is 5.28 Å². The van der Waals surface area contributed by atoms with Crippen LogP contribution >= 0.6 is 11.6 Å². The normalized spacial score (nSPS) is 14.3. The zero-order valence-corrected chi connectivity index (χ0v) is 11.5. The fourth-order valence-corrected chi connectivity index (χ4v) is 2.41. The predicted octanol–water partition coefficient (Wildman–Crippen LogP) is 2.66. The summed E-state index contributed by atoms with van der Waals surface area (Å²) in [4.78, 5) is 14.9. The summed E-state index contributed by atoms with van der Waals surface area (Å²) in [5, 5.41) is 9.13. The molecule has 100 valence electrons. The molecule has 0 aliphatic carbocycles. The molecular formula is C14H12ClN5. The van der Waals surface area contributed by atoms with Crippen LogP contribution in [0.3, 0.4) is 0 Å². The molecule has 2 heterocycles. The molecule has 1 aromatic carbocycles. The van der Waals surface area contributed by atoms with E-state index in [1.807, 2.05) is 6.07 Å². The van der Waals surface area contributed by atoms with Gasteiger partial charge in [0.1, 0.15) is 0 Å². The van der Waals surface area contributed by atoms with Crippen molar-refractivity contribution in [3.63, 3.8) is 0 Å². The third kappa shape index (κ3) is 2.56. The van der Waals surface area contributed by atoms with Gasteiger partial charge in [0.15, 0.2) is 5.82 Å². The standard InChI is InChI=1S/C14H12ClN5/c15-13-17-12(11-5-3-4-10(8-11)9-16)18-14(19-13)20-6-1-2-7-20/h3-5,8H,1-2,6-7H2. The highest BCUT2D eigenvalue weighted by Gasteiger charge is 2.17. The smallest absolute Gasteiger partial charge is 0.230 e. The molecule has 0 atom stereocenters. The average Bonchev–Trinajstić information content (AvgIpc) is 3.01. The molecule has 0 amide bonds. The summed E-state index contributed by atoms with van der Waals surface area (Å²) < 4.78 is 0. The number of nitriles is 1. The van der Waals surface area contributed by atoms with Gasteiger partial charge in [-0.3, -0.25) is 0 Å². The van der Waals surface area contributed by atoms with E-state index in [0.717, 1.165) is 31.5 Å². The van der Waals surface area contributed by atoms with Crippen LogP contribution < -0.4 is 4.90 Å². The van der Waals surface area contributed by atoms with Gasteiger partial charge in [0.25, 0.3) is 0 Å². The molecular weight excluding hydrogens is 274 g/mol. The summed E-state index contributed by atoms with van der Waals surface area (Å²) in [5.41, 5.74) is 1.34. The van der Waals surface area contributed by atoms with Crippen molar-refractivity contribution in [3.8, 4) is 17.5 Å². The Morgan fingerprint density at radius 1 is 1.15 bits per heavy atom. The lowest BCUT2D eigenvalue weighted by molar-refractivity contribution is 0.883. The maximum atomic E-state index is 8.95. The molecule has 0 N–H and O–H groups in total. The van der Waals surface area contributed by atoms with E-state index in [2.05, 4.69) is 25.9 Å². The van der Waals surface area contributed by atoms with Crippen molar-refractivity contribution in [1.82, 2.24) is 15.0 Å². The molecule has 3 rings (SSSR count). The molecule has 0 saturated carbocycles. The van der Waals surface area contributed by atoms with Crippen molar-refractivity contribution >= 4 is 17.5 Å². The molecule has 20 heavy (non-hydrogen) atoms. The van der Waals surface area contributed by atoms with Crippen LogP contribution in [0.4, 0.5) is 5.95 Å². The molecule has 5 nitrogen and oxygen atoms in total. The van der Waals surface area contributed by atoms with E-state index in [1.165, 1.54) is 0 Å². The summed E-state index contributed by atoms with van der Waals surface area (Å²) in [7, 11) is 0. The van der Waals surface area contributed by atoms with Gasteiger partial charge in [0, 0.05) is 18.7 Å². The summed E-state index contributed by atoms with van der Waals surface area (Å²) in [6.45, 7) is 1.88. The largest absolute Gasteiger partial charge is 0.341 e. The highest BCUT2D eigenvalue weighted by atomic mass is 35.5. The van der Waals surface area contributed by atoms with Gasteiger partial charge in [-0.15, -0.1) is 0 Å². The van der Waals surface area contributed by atoms with Crippen molar-refractivity contribution in [3.05, 3.63) is 35.1 Å². The Hall–Kier alpha value is -2.19. The molecule has 1 aromatic heterocycles. The van der Waals surface area contributed by atoms with Gasteiger partial charge in [-0.2, -0.15) is 20.2 Å². The van der Waals surface area contributed by atoms with Gasteiger partial charge in [0.05, 0.1) is 11.6 Å². The van der Waals surface area contributed by atoms with Gasteiger partial charge in [-0.05, 0) is 36.6 Å². The highest BCUT2D eigenvalue weighted by Crippen LogP contribution is 2.22. The second-order valence-electron chi connectivity index (χ2n) is 4.61. The lowest BCUT2D eigenvalue weighted by atomic mass is 10.1. The summed E-state index contributed by atoms with van der Waals surface area (Å²) >= 11 is 6.00. The van der Waals surface area contributed by atoms with Crippen molar-refractivity contribution in [2.24, 2.45) is 0 Å². The Kier molecular flexibility index (Phi) is 3.48. The number of anilines is 1. The van der Waals surface area contributed by atoms with Crippen LogP contribution in [0.1, 0.15) is 18.4 Å². The number of hydrogen-bond donors (Lipinski definition) is 0. The Labute approximate surface area is 121 Å². The first-order chi connectivity index (χ1) is 9.76. The van der Waals surface area contributed by atoms with Gasteiger partial charge in [0.2, 0.25) is 11.2 Å². The zero-order valence-electron chi connectivity index (χ0n) is 10.8. The van der Waals surface area contributed by atoms with Gasteiger partial charge >= 0.3 is 0 Å². The number of rotatable bonds is 2. The first-order valence-electron chi connectivity index (χ1n) is 6.43. The number of aromatic nitrogens is 3. The Morgan fingerprint density at radius 3 is 2.70 bits per heavy atom. The number of benzene rings is 1. The SMILES string of the molecule is N#Cc1cccc(-c2nc(Cl)nc(N3CCCC3)n2)c1. The summed E-state index contributed by atoms with van der Waals surface area (Å²) in [6.07, 6.45) is 2.28. The molecule has 1 aliphatic heterocycles. The van der Waals surface area contributed by atoms with Crippen LogP contribution in [-0.2, 0) is 0 Å². The minimum atomic E-state index is 0.180. The van der Waals surface area contributed by atoms with Crippen LogP contribution in [-0.4, -0.2) is 28.0 Å². The van der Waals surface area contributed by atoms with Crippen molar-refractivity contribution < 1.29 is 0 Å². The van der Waals surface area contributed by atoms with Crippen LogP contribution in [0.2, 0.25) is 5.28 Å². The Morgan fingerprint density at radius 2 is 1.95 bits per heavy atom. The summed E-state index contributed by atoms with van der Waals surface area (Å²) in [5.74, 6) is 1.11. The molecule has 1 aliphatic rings. The molecule has 0 spiro atoms. The second-order valence-corrected chi connectivity index (χ2v) is 4.95. The van der Waals surface area contributed by atoms with Crippen LogP contribution in [0.25, 0.3) is 11.4 Å². The van der Waals surface area contributed by atoms with Gasteiger partial charge < -0.3 is 4.90 Å². The minimum absolute atomic E-state index is 0.180. The van der Waals surface area contributed by atoms with E-state index in [9.17, 15) is 0 Å². The average molecular weight is 286 g/mol. The number of nitrogens with zero attached hydrogens (tertiary/aromatic N) is 5. The van der Waals surface area contributed by atoms with Crippen molar-refractivity contribution in [2.45, 2.75) is 12.8 Å². The maximum Gasteiger partial charge on any atom is 0.230 e. The molecule has 1 saturated heterocycles. The second kappa shape index (κ2) is 5.43. The number of halogens is 1. The Balaban J connectivity index is 2.02. The van der Waals surface area contributed by atoms with Crippen LogP contribution in [0.15, 0.2) is 24.3 Å². The molecule has 1 fully saturated rings. The number of hydrogen-bond acceptors (Lipinski definition) is 5. The molecule has 0 unspecified atom stereocenters. The third-order valence-corrected chi connectivity index (χ3v) is 3.40. The Bertz CT molecular complexity index is 674. The van der Waals surface area contributed by atoms with E-state index >= 15 is 0 Å². The quantitative estimate of drug-likeness (QED) is 0.849. The van der Waals surface area contributed by atoms with Crippen LogP contribution in [0.5, 0.6) is 0 Å². The minimum Gasteiger partial charge on any atom is -0.341 e. The van der Waals surface area contributed by atoms with Gasteiger partial charge in [-0.1, -0.05) is 12.1 Å². The highest BCUT2D eigenvalue weighted by molar-refractivity contribution is 6.28. The zero-order chi connectivity index (χ0) is 13.9. The predicted molar refractivity (Wildman–Crippen MR) is 76.4 cm³/mol. The monoisotopic (exact) mass is 285 g/mol. The fourth-order valence-electron chi connectivity index (χ4n) is 2.26. The molecule has 0 radical (unpaired) electrons. The van der Waals surface area contributed by atoms with Gasteiger partial charge in [-0.25, -0.2) is 0 Å². The molecule has 6 heteroatoms. The topological polar surface area (TPSA) is 65.7 Å². The first-order valence-corrected chi connectivity index (χ1v) is 6.81. The molecule has 2 aromatic rings.